The van der Waals surface area contributed by atoms with Crippen molar-refractivity contribution in [2.24, 2.45) is 0 Å². The lowest BCUT2D eigenvalue weighted by Gasteiger charge is -2.23. The Labute approximate surface area is 154 Å². The van der Waals surface area contributed by atoms with E-state index in [4.69, 9.17) is 4.74 Å². The third-order valence-electron chi connectivity index (χ3n) is 4.61. The second-order valence-electron chi connectivity index (χ2n) is 6.74. The van der Waals surface area contributed by atoms with Gasteiger partial charge in [0.15, 0.2) is 0 Å². The Morgan fingerprint density at radius 1 is 1.12 bits per heavy atom. The Morgan fingerprint density at radius 3 is 2.35 bits per heavy atom. The van der Waals surface area contributed by atoms with E-state index >= 15 is 0 Å². The molecule has 1 saturated carbocycles. The predicted octanol–water partition coefficient (Wildman–Crippen LogP) is 3.44. The molecule has 0 radical (unpaired) electrons. The maximum atomic E-state index is 13.3. The van der Waals surface area contributed by atoms with Crippen LogP contribution < -0.4 is 0 Å². The molecular weight excluding hydrogens is 350 g/mol. The first-order valence-electron chi connectivity index (χ1n) is 8.59. The first kappa shape index (κ1) is 18.6. The van der Waals surface area contributed by atoms with E-state index in [0.717, 1.165) is 24.0 Å². The van der Waals surface area contributed by atoms with Crippen molar-refractivity contribution < 1.29 is 17.9 Å². The zero-order valence-corrected chi connectivity index (χ0v) is 16.0. The SMILES string of the molecule is COC(=O)c1ccc(C)c(S(=O)(=O)N(Cc2ccc(C)cc2)C2CC2)c1. The number of hydrogen-bond acceptors (Lipinski definition) is 4. The Hall–Kier alpha value is -2.18. The molecule has 0 saturated heterocycles. The topological polar surface area (TPSA) is 63.7 Å². The van der Waals surface area contributed by atoms with Gasteiger partial charge in [-0.25, -0.2) is 13.2 Å². The molecule has 0 atom stereocenters. The van der Waals surface area contributed by atoms with E-state index in [-0.39, 0.29) is 16.5 Å². The molecule has 0 bridgehead atoms. The molecule has 0 N–H and O–H groups in total. The average molecular weight is 373 g/mol. The molecule has 26 heavy (non-hydrogen) atoms. The average Bonchev–Trinajstić information content (AvgIpc) is 3.45. The van der Waals surface area contributed by atoms with E-state index in [0.29, 0.717) is 12.1 Å². The lowest BCUT2D eigenvalue weighted by molar-refractivity contribution is 0.0600. The van der Waals surface area contributed by atoms with Gasteiger partial charge in [0.05, 0.1) is 17.6 Å². The second kappa shape index (κ2) is 7.21. The Morgan fingerprint density at radius 2 is 1.77 bits per heavy atom. The number of aryl methyl sites for hydroxylation is 2. The van der Waals surface area contributed by atoms with Crippen LogP contribution in [0.4, 0.5) is 0 Å². The molecule has 1 aliphatic rings. The van der Waals surface area contributed by atoms with Crippen molar-refractivity contribution in [2.75, 3.05) is 7.11 Å². The van der Waals surface area contributed by atoms with Crippen LogP contribution in [0.3, 0.4) is 0 Å². The van der Waals surface area contributed by atoms with Gasteiger partial charge in [0, 0.05) is 12.6 Å². The lowest BCUT2D eigenvalue weighted by atomic mass is 10.1. The van der Waals surface area contributed by atoms with Gasteiger partial charge < -0.3 is 4.74 Å². The van der Waals surface area contributed by atoms with Crippen molar-refractivity contribution >= 4 is 16.0 Å². The summed E-state index contributed by atoms with van der Waals surface area (Å²) in [6.45, 7) is 4.07. The van der Waals surface area contributed by atoms with Gasteiger partial charge in [-0.1, -0.05) is 35.9 Å². The van der Waals surface area contributed by atoms with Gasteiger partial charge in [-0.3, -0.25) is 0 Å². The van der Waals surface area contributed by atoms with Crippen molar-refractivity contribution in [1.82, 2.24) is 4.31 Å². The number of ether oxygens (including phenoxy) is 1. The van der Waals surface area contributed by atoms with Crippen molar-refractivity contribution in [3.63, 3.8) is 0 Å². The molecule has 1 aliphatic carbocycles. The minimum absolute atomic E-state index is 0.0162. The molecule has 138 valence electrons. The standard InChI is InChI=1S/C20H23NO4S/c1-14-4-7-16(8-5-14)13-21(18-10-11-18)26(23,24)19-12-17(20(22)25-3)9-6-15(19)2/h4-9,12,18H,10-11,13H2,1-3H3. The minimum atomic E-state index is -3.72. The maximum Gasteiger partial charge on any atom is 0.337 e. The van der Waals surface area contributed by atoms with E-state index < -0.39 is 16.0 Å². The quantitative estimate of drug-likeness (QED) is 0.728. The van der Waals surface area contributed by atoms with Crippen LogP contribution >= 0.6 is 0 Å². The molecule has 0 spiro atoms. The second-order valence-corrected chi connectivity index (χ2v) is 8.60. The summed E-state index contributed by atoms with van der Waals surface area (Å²) >= 11 is 0. The van der Waals surface area contributed by atoms with E-state index in [2.05, 4.69) is 0 Å². The Kier molecular flexibility index (Phi) is 5.16. The molecular formula is C20H23NO4S. The fourth-order valence-corrected chi connectivity index (χ4v) is 4.82. The molecule has 2 aromatic carbocycles. The van der Waals surface area contributed by atoms with Crippen molar-refractivity contribution in [1.29, 1.82) is 0 Å². The third-order valence-corrected chi connectivity index (χ3v) is 6.65. The number of nitrogens with zero attached hydrogens (tertiary/aromatic N) is 1. The number of carbonyl (C=O) groups excluding carboxylic acids is 1. The van der Waals surface area contributed by atoms with Gasteiger partial charge >= 0.3 is 5.97 Å². The first-order valence-corrected chi connectivity index (χ1v) is 10.0. The van der Waals surface area contributed by atoms with Crippen LogP contribution in [0.5, 0.6) is 0 Å². The van der Waals surface area contributed by atoms with Crippen molar-refractivity contribution in [2.45, 2.75) is 44.2 Å². The zero-order valence-electron chi connectivity index (χ0n) is 15.2. The van der Waals surface area contributed by atoms with Crippen molar-refractivity contribution in [3.05, 3.63) is 64.7 Å². The van der Waals surface area contributed by atoms with Crippen LogP contribution in [-0.4, -0.2) is 31.8 Å². The summed E-state index contributed by atoms with van der Waals surface area (Å²) in [5, 5.41) is 0. The van der Waals surface area contributed by atoms with Crippen LogP contribution in [0.1, 0.15) is 39.9 Å². The van der Waals surface area contributed by atoms with E-state index in [1.807, 2.05) is 31.2 Å². The highest BCUT2D eigenvalue weighted by molar-refractivity contribution is 7.89. The zero-order chi connectivity index (χ0) is 18.9. The predicted molar refractivity (Wildman–Crippen MR) is 99.4 cm³/mol. The number of sulfonamides is 1. The summed E-state index contributed by atoms with van der Waals surface area (Å²) < 4.78 is 33.0. The fourth-order valence-electron chi connectivity index (χ4n) is 2.90. The summed E-state index contributed by atoms with van der Waals surface area (Å²) in [4.78, 5) is 12.0. The van der Waals surface area contributed by atoms with Gasteiger partial charge in [0.2, 0.25) is 10.0 Å². The van der Waals surface area contributed by atoms with Gasteiger partial charge in [-0.15, -0.1) is 0 Å². The number of methoxy groups -OCH3 is 1. The van der Waals surface area contributed by atoms with Crippen LogP contribution in [0, 0.1) is 13.8 Å². The monoisotopic (exact) mass is 373 g/mol. The molecule has 6 heteroatoms. The summed E-state index contributed by atoms with van der Waals surface area (Å²) in [7, 11) is -2.43. The van der Waals surface area contributed by atoms with Crippen LogP contribution in [0.15, 0.2) is 47.4 Å². The fraction of sp³-hybridized carbons (Fsp3) is 0.350. The molecule has 1 fully saturated rings. The molecule has 0 amide bonds. The van der Waals surface area contributed by atoms with E-state index in [1.54, 1.807) is 23.4 Å². The lowest BCUT2D eigenvalue weighted by Crippen LogP contribution is -2.33. The number of esters is 1. The highest BCUT2D eigenvalue weighted by atomic mass is 32.2. The van der Waals surface area contributed by atoms with E-state index in [1.165, 1.54) is 13.2 Å². The molecule has 0 aliphatic heterocycles. The van der Waals surface area contributed by atoms with Crippen LogP contribution in [0.2, 0.25) is 0 Å². The number of carbonyl (C=O) groups is 1. The minimum Gasteiger partial charge on any atom is -0.465 e. The smallest absolute Gasteiger partial charge is 0.337 e. The normalized spacial score (nSPS) is 14.5. The molecule has 0 unspecified atom stereocenters. The third kappa shape index (κ3) is 3.81. The largest absolute Gasteiger partial charge is 0.465 e. The molecule has 5 nitrogen and oxygen atoms in total. The van der Waals surface area contributed by atoms with Gasteiger partial charge in [-0.05, 0) is 49.9 Å². The Balaban J connectivity index is 1.98. The summed E-state index contributed by atoms with van der Waals surface area (Å²) in [6, 6.07) is 12.5. The van der Waals surface area contributed by atoms with Crippen LogP contribution in [-0.2, 0) is 21.3 Å². The van der Waals surface area contributed by atoms with Crippen molar-refractivity contribution in [3.8, 4) is 0 Å². The van der Waals surface area contributed by atoms with E-state index in [9.17, 15) is 13.2 Å². The molecule has 2 aromatic rings. The highest BCUT2D eigenvalue weighted by Crippen LogP contribution is 2.34. The number of benzene rings is 2. The van der Waals surface area contributed by atoms with Gasteiger partial charge in [0.25, 0.3) is 0 Å². The highest BCUT2D eigenvalue weighted by Gasteiger charge is 2.38. The Bertz CT molecular complexity index is 915. The summed E-state index contributed by atoms with van der Waals surface area (Å²) in [5.41, 5.74) is 2.94. The summed E-state index contributed by atoms with van der Waals surface area (Å²) in [5.74, 6) is -0.544. The van der Waals surface area contributed by atoms with Gasteiger partial charge in [0.1, 0.15) is 0 Å². The number of hydrogen-bond donors (Lipinski definition) is 0. The first-order chi connectivity index (χ1) is 12.3. The maximum absolute atomic E-state index is 13.3. The summed E-state index contributed by atoms with van der Waals surface area (Å²) in [6.07, 6.45) is 1.72. The van der Waals surface area contributed by atoms with Gasteiger partial charge in [-0.2, -0.15) is 4.31 Å². The molecule has 0 heterocycles. The molecule has 0 aromatic heterocycles. The number of rotatable bonds is 6. The van der Waals surface area contributed by atoms with Crippen LogP contribution in [0.25, 0.3) is 0 Å². The molecule has 3 rings (SSSR count).